The van der Waals surface area contributed by atoms with Crippen LogP contribution in [0.4, 0.5) is 0 Å². The molecule has 2 aromatic rings. The van der Waals surface area contributed by atoms with Gasteiger partial charge in [0, 0.05) is 24.0 Å². The van der Waals surface area contributed by atoms with Gasteiger partial charge in [-0.25, -0.2) is 0 Å². The smallest absolute Gasteiger partial charge is 0.225 e. The Labute approximate surface area is 140 Å². The average Bonchev–Trinajstić information content (AvgIpc) is 3.20. The summed E-state index contributed by atoms with van der Waals surface area (Å²) in [5, 5.41) is 17.8. The van der Waals surface area contributed by atoms with Crippen LogP contribution in [0, 0.1) is 5.92 Å². The molecule has 0 radical (unpaired) electrons. The molecule has 0 aliphatic heterocycles. The van der Waals surface area contributed by atoms with Crippen LogP contribution < -0.4 is 5.32 Å². The van der Waals surface area contributed by atoms with E-state index in [1.54, 1.807) is 6.20 Å². The monoisotopic (exact) mass is 333 g/mol. The second kappa shape index (κ2) is 7.15. The molecular weight excluding hydrogens is 314 g/mol. The molecule has 5 nitrogen and oxygen atoms in total. The van der Waals surface area contributed by atoms with Crippen LogP contribution in [-0.4, -0.2) is 33.4 Å². The molecular formula is C17H20ClN3O2. The summed E-state index contributed by atoms with van der Waals surface area (Å²) < 4.78 is 1.81. The molecule has 1 fully saturated rings. The van der Waals surface area contributed by atoms with Crippen molar-refractivity contribution in [1.29, 1.82) is 0 Å². The van der Waals surface area contributed by atoms with Gasteiger partial charge in [-0.3, -0.25) is 9.48 Å². The minimum absolute atomic E-state index is 0.0823. The number of amides is 1. The molecule has 0 bridgehead atoms. The summed E-state index contributed by atoms with van der Waals surface area (Å²) in [6.45, 7) is 0.422. The number of nitrogens with one attached hydrogen (secondary N) is 1. The third-order valence-corrected chi connectivity index (χ3v) is 4.64. The fraction of sp³-hybridized carbons (Fsp3) is 0.412. The summed E-state index contributed by atoms with van der Waals surface area (Å²) in [6.07, 6.45) is 5.42. The zero-order valence-electron chi connectivity index (χ0n) is 12.7. The van der Waals surface area contributed by atoms with Crippen LogP contribution in [-0.2, 0) is 4.79 Å². The van der Waals surface area contributed by atoms with E-state index in [0.717, 1.165) is 18.4 Å². The van der Waals surface area contributed by atoms with Crippen molar-refractivity contribution >= 4 is 17.5 Å². The van der Waals surface area contributed by atoms with Crippen LogP contribution in [0.25, 0.3) is 0 Å². The molecule has 1 aliphatic carbocycles. The number of rotatable bonds is 5. The molecule has 1 saturated carbocycles. The topological polar surface area (TPSA) is 67.2 Å². The van der Waals surface area contributed by atoms with Crippen LogP contribution in [0.1, 0.15) is 30.9 Å². The van der Waals surface area contributed by atoms with E-state index in [2.05, 4.69) is 10.4 Å². The Morgan fingerprint density at radius 2 is 2.17 bits per heavy atom. The number of benzene rings is 1. The van der Waals surface area contributed by atoms with E-state index >= 15 is 0 Å². The number of hydrogen-bond donors (Lipinski definition) is 2. The van der Waals surface area contributed by atoms with Crippen molar-refractivity contribution in [2.24, 2.45) is 5.92 Å². The van der Waals surface area contributed by atoms with Gasteiger partial charge in [0.2, 0.25) is 5.91 Å². The number of aromatic nitrogens is 2. The van der Waals surface area contributed by atoms with Crippen molar-refractivity contribution < 1.29 is 9.90 Å². The molecule has 23 heavy (non-hydrogen) atoms. The van der Waals surface area contributed by atoms with Gasteiger partial charge in [0.25, 0.3) is 0 Å². The van der Waals surface area contributed by atoms with Gasteiger partial charge in [-0.1, -0.05) is 23.7 Å². The van der Waals surface area contributed by atoms with Crippen molar-refractivity contribution in [3.05, 3.63) is 53.3 Å². The molecule has 2 N–H and O–H groups in total. The van der Waals surface area contributed by atoms with Crippen molar-refractivity contribution in [2.45, 2.75) is 31.4 Å². The van der Waals surface area contributed by atoms with Crippen LogP contribution in [0.5, 0.6) is 0 Å². The third kappa shape index (κ3) is 3.74. The van der Waals surface area contributed by atoms with E-state index < -0.39 is 6.10 Å². The summed E-state index contributed by atoms with van der Waals surface area (Å²) in [6, 6.07) is 9.28. The highest BCUT2D eigenvalue weighted by atomic mass is 35.5. The van der Waals surface area contributed by atoms with Crippen LogP contribution in [0.3, 0.4) is 0 Å². The van der Waals surface area contributed by atoms with E-state index in [0.29, 0.717) is 18.0 Å². The molecule has 0 spiro atoms. The van der Waals surface area contributed by atoms with Gasteiger partial charge in [0.05, 0.1) is 18.1 Å². The van der Waals surface area contributed by atoms with Gasteiger partial charge < -0.3 is 10.4 Å². The lowest BCUT2D eigenvalue weighted by molar-refractivity contribution is -0.127. The Balaban J connectivity index is 1.72. The molecule has 3 atom stereocenters. The van der Waals surface area contributed by atoms with Gasteiger partial charge in [-0.05, 0) is 43.0 Å². The first-order chi connectivity index (χ1) is 11.1. The highest BCUT2D eigenvalue weighted by Gasteiger charge is 2.31. The number of hydrogen-bond acceptors (Lipinski definition) is 3. The van der Waals surface area contributed by atoms with Crippen molar-refractivity contribution in [3.63, 3.8) is 0 Å². The molecule has 3 unspecified atom stereocenters. The number of aliphatic hydroxyl groups is 1. The lowest BCUT2D eigenvalue weighted by atomic mass is 10.0. The maximum absolute atomic E-state index is 12.3. The average molecular weight is 334 g/mol. The molecule has 122 valence electrons. The molecule has 3 rings (SSSR count). The zero-order valence-corrected chi connectivity index (χ0v) is 13.5. The molecule has 1 aromatic carbocycles. The molecule has 1 heterocycles. The van der Waals surface area contributed by atoms with Gasteiger partial charge in [-0.15, -0.1) is 0 Å². The molecule has 6 heteroatoms. The van der Waals surface area contributed by atoms with E-state index in [4.69, 9.17) is 11.6 Å². The maximum Gasteiger partial charge on any atom is 0.225 e. The van der Waals surface area contributed by atoms with E-state index in [9.17, 15) is 9.90 Å². The summed E-state index contributed by atoms with van der Waals surface area (Å²) in [4.78, 5) is 12.3. The number of aliphatic hydroxyl groups excluding tert-OH is 1. The Hall–Kier alpha value is -1.85. The summed E-state index contributed by atoms with van der Waals surface area (Å²) in [5.74, 6) is -0.375. The van der Waals surface area contributed by atoms with Gasteiger partial charge in [-0.2, -0.15) is 5.10 Å². The largest absolute Gasteiger partial charge is 0.392 e. The van der Waals surface area contributed by atoms with E-state index in [1.807, 2.05) is 41.2 Å². The van der Waals surface area contributed by atoms with E-state index in [-0.39, 0.29) is 17.9 Å². The summed E-state index contributed by atoms with van der Waals surface area (Å²) in [5.41, 5.74) is 1.02. The Bertz CT molecular complexity index is 642. The molecule has 0 saturated heterocycles. The lowest BCUT2D eigenvalue weighted by Gasteiger charge is -2.21. The number of carbonyl (C=O) groups excluding carboxylic acids is 1. The minimum Gasteiger partial charge on any atom is -0.392 e. The predicted octanol–water partition coefficient (Wildman–Crippen LogP) is 2.40. The van der Waals surface area contributed by atoms with Crippen molar-refractivity contribution in [3.8, 4) is 0 Å². The highest BCUT2D eigenvalue weighted by Crippen LogP contribution is 2.26. The zero-order chi connectivity index (χ0) is 16.2. The third-order valence-electron chi connectivity index (χ3n) is 4.38. The lowest BCUT2D eigenvalue weighted by Crippen LogP contribution is -2.38. The van der Waals surface area contributed by atoms with Crippen LogP contribution in [0.15, 0.2) is 42.7 Å². The van der Waals surface area contributed by atoms with Crippen LogP contribution in [0.2, 0.25) is 5.02 Å². The first-order valence-corrected chi connectivity index (χ1v) is 8.23. The number of nitrogens with zero attached hydrogens (tertiary/aromatic N) is 2. The summed E-state index contributed by atoms with van der Waals surface area (Å²) >= 11 is 5.95. The quantitative estimate of drug-likeness (QED) is 0.883. The van der Waals surface area contributed by atoms with Gasteiger partial charge in [0.15, 0.2) is 0 Å². The Morgan fingerprint density at radius 1 is 1.39 bits per heavy atom. The highest BCUT2D eigenvalue weighted by molar-refractivity contribution is 6.30. The van der Waals surface area contributed by atoms with Crippen molar-refractivity contribution in [1.82, 2.24) is 15.1 Å². The molecule has 1 amide bonds. The maximum atomic E-state index is 12.3. The fourth-order valence-electron chi connectivity index (χ4n) is 3.09. The van der Waals surface area contributed by atoms with Crippen LogP contribution >= 0.6 is 11.6 Å². The molecule has 1 aliphatic rings. The molecule has 1 aromatic heterocycles. The minimum atomic E-state index is -0.520. The Kier molecular flexibility index (Phi) is 4.98. The Morgan fingerprint density at radius 3 is 2.78 bits per heavy atom. The van der Waals surface area contributed by atoms with Gasteiger partial charge >= 0.3 is 0 Å². The first-order valence-electron chi connectivity index (χ1n) is 7.85. The first kappa shape index (κ1) is 16.0. The normalized spacial score (nSPS) is 22.0. The second-order valence-electron chi connectivity index (χ2n) is 5.90. The number of halogens is 1. The fourth-order valence-corrected chi connectivity index (χ4v) is 3.21. The second-order valence-corrected chi connectivity index (χ2v) is 6.34. The number of carbonyl (C=O) groups is 1. The summed E-state index contributed by atoms with van der Waals surface area (Å²) in [7, 11) is 0. The van der Waals surface area contributed by atoms with E-state index in [1.165, 1.54) is 0 Å². The van der Waals surface area contributed by atoms with Gasteiger partial charge in [0.1, 0.15) is 0 Å². The van der Waals surface area contributed by atoms with Crippen molar-refractivity contribution in [2.75, 3.05) is 6.54 Å². The predicted molar refractivity (Wildman–Crippen MR) is 88.2 cm³/mol. The standard InChI is InChI=1S/C17H20ClN3O2/c18-13-7-5-12(6-8-13)15(21-10-2-9-20-21)11-19-17(23)14-3-1-4-16(14)22/h2,5-10,14-16,22H,1,3-4,11H2,(H,19,23). The SMILES string of the molecule is O=C(NCC(c1ccc(Cl)cc1)n1cccn1)C1CCCC1O.